The minimum absolute atomic E-state index is 0.0609. The van der Waals surface area contributed by atoms with Crippen molar-refractivity contribution in [2.24, 2.45) is 0 Å². The SMILES string of the molecule is N#Cc1ccc(OCc2cnc(Cl)cn2)c(F)c1. The average Bonchev–Trinajstić information content (AvgIpc) is 2.39. The first-order valence-electron chi connectivity index (χ1n) is 4.98. The second-order valence-electron chi connectivity index (χ2n) is 3.38. The molecular weight excluding hydrogens is 257 g/mol. The van der Waals surface area contributed by atoms with Crippen LogP contribution in [0.4, 0.5) is 4.39 Å². The number of aromatic nitrogens is 2. The van der Waals surface area contributed by atoms with Gasteiger partial charge in [0.2, 0.25) is 0 Å². The summed E-state index contributed by atoms with van der Waals surface area (Å²) in [5.41, 5.74) is 0.772. The van der Waals surface area contributed by atoms with Crippen molar-refractivity contribution in [1.82, 2.24) is 9.97 Å². The third-order valence-corrected chi connectivity index (χ3v) is 2.31. The maximum atomic E-state index is 13.5. The first-order chi connectivity index (χ1) is 8.69. The van der Waals surface area contributed by atoms with Crippen LogP contribution in [0.2, 0.25) is 5.15 Å². The second-order valence-corrected chi connectivity index (χ2v) is 3.76. The van der Waals surface area contributed by atoms with Crippen molar-refractivity contribution in [3.8, 4) is 11.8 Å². The number of ether oxygens (including phenoxy) is 1. The van der Waals surface area contributed by atoms with Crippen LogP contribution >= 0.6 is 11.6 Å². The van der Waals surface area contributed by atoms with Crippen LogP contribution in [0.5, 0.6) is 5.75 Å². The number of hydrogen-bond acceptors (Lipinski definition) is 4. The number of rotatable bonds is 3. The minimum Gasteiger partial charge on any atom is -0.484 e. The lowest BCUT2D eigenvalue weighted by molar-refractivity contribution is 0.285. The predicted molar refractivity (Wildman–Crippen MR) is 62.5 cm³/mol. The van der Waals surface area contributed by atoms with E-state index in [2.05, 4.69) is 9.97 Å². The van der Waals surface area contributed by atoms with E-state index in [0.29, 0.717) is 5.69 Å². The molecular formula is C12H7ClFN3O. The lowest BCUT2D eigenvalue weighted by Gasteiger charge is -2.06. The monoisotopic (exact) mass is 263 g/mol. The van der Waals surface area contributed by atoms with E-state index < -0.39 is 5.82 Å². The standard InChI is InChI=1S/C12H7ClFN3O/c13-12-6-16-9(5-17-12)7-18-11-2-1-8(4-15)3-10(11)14/h1-3,5-6H,7H2. The van der Waals surface area contributed by atoms with Gasteiger partial charge in [0.15, 0.2) is 11.6 Å². The van der Waals surface area contributed by atoms with Gasteiger partial charge in [-0.15, -0.1) is 0 Å². The van der Waals surface area contributed by atoms with E-state index in [1.807, 2.05) is 6.07 Å². The third-order valence-electron chi connectivity index (χ3n) is 2.11. The van der Waals surface area contributed by atoms with Crippen LogP contribution in [0.1, 0.15) is 11.3 Å². The minimum atomic E-state index is -0.587. The molecule has 18 heavy (non-hydrogen) atoms. The van der Waals surface area contributed by atoms with Crippen LogP contribution in [0.15, 0.2) is 30.6 Å². The summed E-state index contributed by atoms with van der Waals surface area (Å²) in [5, 5.41) is 8.88. The maximum absolute atomic E-state index is 13.5. The Hall–Kier alpha value is -2.19. The highest BCUT2D eigenvalue weighted by atomic mass is 35.5. The molecule has 0 fully saturated rings. The molecule has 2 aromatic rings. The van der Waals surface area contributed by atoms with Crippen molar-refractivity contribution in [3.05, 3.63) is 52.8 Å². The normalized spacial score (nSPS) is 9.83. The zero-order chi connectivity index (χ0) is 13.0. The van der Waals surface area contributed by atoms with Crippen molar-refractivity contribution in [2.75, 3.05) is 0 Å². The summed E-state index contributed by atoms with van der Waals surface area (Å²) in [6.07, 6.45) is 2.83. The first kappa shape index (κ1) is 12.3. The van der Waals surface area contributed by atoms with E-state index in [1.54, 1.807) is 0 Å². The number of nitriles is 1. The van der Waals surface area contributed by atoms with E-state index >= 15 is 0 Å². The van der Waals surface area contributed by atoms with Gasteiger partial charge in [-0.25, -0.2) is 9.37 Å². The summed E-state index contributed by atoms with van der Waals surface area (Å²) < 4.78 is 18.7. The summed E-state index contributed by atoms with van der Waals surface area (Å²) in [5.74, 6) is -0.526. The molecule has 1 aromatic carbocycles. The van der Waals surface area contributed by atoms with Crippen LogP contribution in [0.25, 0.3) is 0 Å². The van der Waals surface area contributed by atoms with Gasteiger partial charge >= 0.3 is 0 Å². The average molecular weight is 264 g/mol. The molecule has 2 rings (SSSR count). The number of benzene rings is 1. The van der Waals surface area contributed by atoms with E-state index in [1.165, 1.54) is 24.5 Å². The summed E-state index contributed by atoms with van der Waals surface area (Å²) in [4.78, 5) is 7.79. The van der Waals surface area contributed by atoms with Gasteiger partial charge in [0.25, 0.3) is 0 Å². The number of hydrogen-bond donors (Lipinski definition) is 0. The molecule has 0 saturated heterocycles. The van der Waals surface area contributed by atoms with Gasteiger partial charge in [-0.05, 0) is 18.2 Å². The molecule has 0 aliphatic heterocycles. The molecule has 0 unspecified atom stereocenters. The fraction of sp³-hybridized carbons (Fsp3) is 0.0833. The molecule has 0 aliphatic rings. The molecule has 4 nitrogen and oxygen atoms in total. The summed E-state index contributed by atoms with van der Waals surface area (Å²) in [7, 11) is 0. The van der Waals surface area contributed by atoms with Gasteiger partial charge in [0.1, 0.15) is 11.8 Å². The van der Waals surface area contributed by atoms with Crippen molar-refractivity contribution in [2.45, 2.75) is 6.61 Å². The van der Waals surface area contributed by atoms with E-state index in [0.717, 1.165) is 6.07 Å². The Morgan fingerprint density at radius 3 is 2.78 bits per heavy atom. The molecule has 1 heterocycles. The predicted octanol–water partition coefficient (Wildman–Crippen LogP) is 2.72. The van der Waals surface area contributed by atoms with Crippen molar-refractivity contribution in [1.29, 1.82) is 5.26 Å². The molecule has 6 heteroatoms. The van der Waals surface area contributed by atoms with Crippen molar-refractivity contribution >= 4 is 11.6 Å². The fourth-order valence-corrected chi connectivity index (χ4v) is 1.35. The summed E-state index contributed by atoms with van der Waals surface area (Å²) in [6, 6.07) is 5.83. The topological polar surface area (TPSA) is 58.8 Å². The molecule has 0 atom stereocenters. The number of halogens is 2. The Morgan fingerprint density at radius 2 is 2.17 bits per heavy atom. The van der Waals surface area contributed by atoms with Crippen molar-refractivity contribution < 1.29 is 9.13 Å². The van der Waals surface area contributed by atoms with Crippen LogP contribution < -0.4 is 4.74 Å². The van der Waals surface area contributed by atoms with E-state index in [-0.39, 0.29) is 23.1 Å². The smallest absolute Gasteiger partial charge is 0.166 e. The first-order valence-corrected chi connectivity index (χ1v) is 5.35. The van der Waals surface area contributed by atoms with Gasteiger partial charge in [0.05, 0.1) is 29.7 Å². The largest absolute Gasteiger partial charge is 0.484 e. The Labute approximate surface area is 108 Å². The summed E-state index contributed by atoms with van der Waals surface area (Å²) >= 11 is 5.58. The Balaban J connectivity index is 2.06. The molecule has 0 N–H and O–H groups in total. The van der Waals surface area contributed by atoms with Crippen molar-refractivity contribution in [3.63, 3.8) is 0 Å². The van der Waals surface area contributed by atoms with Gasteiger partial charge in [0, 0.05) is 0 Å². The lowest BCUT2D eigenvalue weighted by Crippen LogP contribution is -2.00. The maximum Gasteiger partial charge on any atom is 0.166 e. The van der Waals surface area contributed by atoms with Gasteiger partial charge in [-0.3, -0.25) is 4.98 Å². The van der Waals surface area contributed by atoms with Crippen LogP contribution in [-0.2, 0) is 6.61 Å². The third kappa shape index (κ3) is 2.93. The molecule has 0 spiro atoms. The van der Waals surface area contributed by atoms with Gasteiger partial charge in [-0.1, -0.05) is 11.6 Å². The van der Waals surface area contributed by atoms with Crippen LogP contribution in [-0.4, -0.2) is 9.97 Å². The quantitative estimate of drug-likeness (QED) is 0.854. The lowest BCUT2D eigenvalue weighted by atomic mass is 10.2. The molecule has 0 bridgehead atoms. The van der Waals surface area contributed by atoms with Crippen LogP contribution in [0, 0.1) is 17.1 Å². The van der Waals surface area contributed by atoms with E-state index in [9.17, 15) is 4.39 Å². The Morgan fingerprint density at radius 1 is 1.33 bits per heavy atom. The molecule has 0 saturated carbocycles. The van der Waals surface area contributed by atoms with Crippen LogP contribution in [0.3, 0.4) is 0 Å². The molecule has 1 aromatic heterocycles. The second kappa shape index (κ2) is 5.43. The van der Waals surface area contributed by atoms with Gasteiger partial charge < -0.3 is 4.74 Å². The Bertz CT molecular complexity index is 595. The highest BCUT2D eigenvalue weighted by molar-refractivity contribution is 6.29. The molecule has 90 valence electrons. The number of nitrogens with zero attached hydrogens (tertiary/aromatic N) is 3. The highest BCUT2D eigenvalue weighted by Crippen LogP contribution is 2.19. The summed E-state index contributed by atoms with van der Waals surface area (Å²) in [6.45, 7) is 0.0764. The molecule has 0 aliphatic carbocycles. The Kier molecular flexibility index (Phi) is 3.70. The zero-order valence-corrected chi connectivity index (χ0v) is 9.86. The molecule has 0 radical (unpaired) electrons. The fourth-order valence-electron chi connectivity index (χ4n) is 1.25. The van der Waals surface area contributed by atoms with Gasteiger partial charge in [-0.2, -0.15) is 5.26 Å². The highest BCUT2D eigenvalue weighted by Gasteiger charge is 2.05. The molecule has 0 amide bonds. The van der Waals surface area contributed by atoms with E-state index in [4.69, 9.17) is 21.6 Å². The zero-order valence-electron chi connectivity index (χ0n) is 9.10.